The van der Waals surface area contributed by atoms with E-state index in [4.69, 9.17) is 4.52 Å². The van der Waals surface area contributed by atoms with Gasteiger partial charge in [-0.1, -0.05) is 5.16 Å². The number of nitrogens with one attached hydrogen (secondary N) is 1. The number of aromatic nitrogens is 3. The van der Waals surface area contributed by atoms with Crippen LogP contribution in [-0.4, -0.2) is 33.6 Å². The summed E-state index contributed by atoms with van der Waals surface area (Å²) in [5, 5.41) is 7.44. The average Bonchev–Trinajstić information content (AvgIpc) is 3.33. The number of carbonyl (C=O) groups excluding carboxylic acids is 1. The first-order chi connectivity index (χ1) is 14.6. The van der Waals surface area contributed by atoms with E-state index in [1.54, 1.807) is 18.3 Å². The zero-order chi connectivity index (χ0) is 20.7. The fourth-order valence-corrected chi connectivity index (χ4v) is 4.49. The molecule has 1 saturated carbocycles. The number of piperidine rings is 1. The van der Waals surface area contributed by atoms with Crippen molar-refractivity contribution in [1.29, 1.82) is 0 Å². The number of hydrogen-bond donors (Lipinski definition) is 1. The van der Waals surface area contributed by atoms with E-state index in [1.165, 1.54) is 17.4 Å². The van der Waals surface area contributed by atoms with Crippen molar-refractivity contribution in [1.82, 2.24) is 15.1 Å². The van der Waals surface area contributed by atoms with E-state index >= 15 is 4.39 Å². The molecule has 1 N–H and O–H groups in total. The smallest absolute Gasteiger partial charge is 0.248 e. The molecule has 2 aliphatic rings. The topological polar surface area (TPSA) is 84.2 Å². The second kappa shape index (κ2) is 7.79. The maximum absolute atomic E-state index is 15.1. The molecule has 5 rings (SSSR count). The highest BCUT2D eigenvalue weighted by atomic mass is 32.1. The minimum Gasteiger partial charge on any atom is -0.357 e. The van der Waals surface area contributed by atoms with Crippen LogP contribution in [0.1, 0.15) is 48.8 Å². The molecule has 1 aromatic carbocycles. The summed E-state index contributed by atoms with van der Waals surface area (Å²) >= 11 is 1.43. The third kappa shape index (κ3) is 3.81. The van der Waals surface area contributed by atoms with Crippen molar-refractivity contribution in [2.24, 2.45) is 0 Å². The Hall–Kier alpha value is -2.81. The number of carbonyl (C=O) groups is 1. The number of amides is 1. The summed E-state index contributed by atoms with van der Waals surface area (Å²) in [4.78, 5) is 24.4. The lowest BCUT2D eigenvalue weighted by Gasteiger charge is -2.36. The fourth-order valence-electron chi connectivity index (χ4n) is 3.82. The molecule has 156 valence electrons. The van der Waals surface area contributed by atoms with Gasteiger partial charge in [-0.05, 0) is 57.2 Å². The molecular weight excluding hydrogens is 405 g/mol. The van der Waals surface area contributed by atoms with Crippen molar-refractivity contribution in [3.05, 3.63) is 41.0 Å². The van der Waals surface area contributed by atoms with Gasteiger partial charge in [0.2, 0.25) is 17.6 Å². The SMILES string of the molecule is Cc1cnc(NC(=O)C2CCCCN2c2ccc(-c3noc(C4CC4)n3)cc2F)s1. The first-order valence-corrected chi connectivity index (χ1v) is 11.0. The molecule has 30 heavy (non-hydrogen) atoms. The second-order valence-corrected chi connectivity index (χ2v) is 9.10. The Bertz CT molecular complexity index is 1080. The van der Waals surface area contributed by atoms with Crippen LogP contribution in [0.2, 0.25) is 0 Å². The maximum Gasteiger partial charge on any atom is 0.248 e. The molecule has 3 heterocycles. The Labute approximate surface area is 177 Å². The van der Waals surface area contributed by atoms with Crippen LogP contribution in [0.5, 0.6) is 0 Å². The van der Waals surface area contributed by atoms with Gasteiger partial charge in [0.05, 0.1) is 5.69 Å². The Balaban J connectivity index is 1.37. The molecule has 0 radical (unpaired) electrons. The van der Waals surface area contributed by atoms with E-state index in [0.29, 0.717) is 47.0 Å². The molecule has 3 aromatic rings. The van der Waals surface area contributed by atoms with Crippen molar-refractivity contribution in [2.75, 3.05) is 16.8 Å². The van der Waals surface area contributed by atoms with E-state index in [2.05, 4.69) is 20.4 Å². The highest BCUT2D eigenvalue weighted by Gasteiger charge is 2.32. The fraction of sp³-hybridized carbons (Fsp3) is 0.429. The van der Waals surface area contributed by atoms with Gasteiger partial charge >= 0.3 is 0 Å². The summed E-state index contributed by atoms with van der Waals surface area (Å²) in [5.74, 6) is 0.827. The standard InChI is InChI=1S/C21H22FN5O2S/c1-12-11-23-21(30-12)25-19(28)17-4-2-3-9-27(17)16-8-7-14(10-15(16)22)18-24-20(29-26-18)13-5-6-13/h7-8,10-11,13,17H,2-6,9H2,1H3,(H,23,25,28). The Morgan fingerprint density at radius 1 is 1.30 bits per heavy atom. The van der Waals surface area contributed by atoms with Gasteiger partial charge in [0.1, 0.15) is 11.9 Å². The van der Waals surface area contributed by atoms with Gasteiger partial charge in [-0.15, -0.1) is 11.3 Å². The van der Waals surface area contributed by atoms with E-state index in [1.807, 2.05) is 11.8 Å². The number of nitrogens with zero attached hydrogens (tertiary/aromatic N) is 4. The highest BCUT2D eigenvalue weighted by molar-refractivity contribution is 7.15. The number of thiazole rings is 1. The third-order valence-electron chi connectivity index (χ3n) is 5.54. The lowest BCUT2D eigenvalue weighted by Crippen LogP contribution is -2.47. The molecule has 1 amide bonds. The average molecular weight is 428 g/mol. The molecule has 1 aliphatic heterocycles. The Morgan fingerprint density at radius 2 is 2.17 bits per heavy atom. The summed E-state index contributed by atoms with van der Waals surface area (Å²) in [5.41, 5.74) is 0.989. The summed E-state index contributed by atoms with van der Waals surface area (Å²) in [6.07, 6.45) is 6.37. The van der Waals surface area contributed by atoms with Crippen molar-refractivity contribution in [3.63, 3.8) is 0 Å². The largest absolute Gasteiger partial charge is 0.357 e. The van der Waals surface area contributed by atoms with Crippen LogP contribution in [0.15, 0.2) is 28.9 Å². The number of benzene rings is 1. The van der Waals surface area contributed by atoms with E-state index in [9.17, 15) is 4.79 Å². The van der Waals surface area contributed by atoms with Crippen LogP contribution >= 0.6 is 11.3 Å². The van der Waals surface area contributed by atoms with E-state index < -0.39 is 11.9 Å². The predicted molar refractivity (Wildman–Crippen MR) is 112 cm³/mol. The van der Waals surface area contributed by atoms with Crippen LogP contribution in [0.4, 0.5) is 15.2 Å². The van der Waals surface area contributed by atoms with Crippen molar-refractivity contribution < 1.29 is 13.7 Å². The van der Waals surface area contributed by atoms with Crippen LogP contribution in [0.25, 0.3) is 11.4 Å². The van der Waals surface area contributed by atoms with E-state index in [0.717, 1.165) is 30.6 Å². The number of anilines is 2. The molecule has 1 atom stereocenters. The number of hydrogen-bond acceptors (Lipinski definition) is 7. The molecule has 9 heteroatoms. The quantitative estimate of drug-likeness (QED) is 0.645. The van der Waals surface area contributed by atoms with Gasteiger partial charge in [0.15, 0.2) is 5.13 Å². The van der Waals surface area contributed by atoms with Gasteiger partial charge < -0.3 is 14.7 Å². The summed E-state index contributed by atoms with van der Waals surface area (Å²) in [6.45, 7) is 2.56. The summed E-state index contributed by atoms with van der Waals surface area (Å²) in [6, 6.07) is 4.48. The molecule has 2 aromatic heterocycles. The number of rotatable bonds is 5. The molecular formula is C21H22FN5O2S. The van der Waals surface area contributed by atoms with Crippen molar-refractivity contribution >= 4 is 28.1 Å². The zero-order valence-corrected chi connectivity index (χ0v) is 17.4. The minimum absolute atomic E-state index is 0.153. The number of halogens is 1. The van der Waals surface area contributed by atoms with Gasteiger partial charge in [-0.25, -0.2) is 9.37 Å². The molecule has 0 spiro atoms. The molecule has 1 aliphatic carbocycles. The van der Waals surface area contributed by atoms with Gasteiger partial charge in [-0.2, -0.15) is 4.98 Å². The van der Waals surface area contributed by atoms with Gasteiger partial charge in [0, 0.05) is 29.1 Å². The lowest BCUT2D eigenvalue weighted by atomic mass is 10.00. The summed E-state index contributed by atoms with van der Waals surface area (Å²) in [7, 11) is 0. The van der Waals surface area contributed by atoms with Crippen LogP contribution < -0.4 is 10.2 Å². The molecule has 1 saturated heterocycles. The van der Waals surface area contributed by atoms with Crippen molar-refractivity contribution in [2.45, 2.75) is 51.0 Å². The van der Waals surface area contributed by atoms with Gasteiger partial charge in [-0.3, -0.25) is 4.79 Å². The first-order valence-electron chi connectivity index (χ1n) is 10.2. The Kier molecular flexibility index (Phi) is 4.98. The third-order valence-corrected chi connectivity index (χ3v) is 6.37. The van der Waals surface area contributed by atoms with Crippen molar-refractivity contribution in [3.8, 4) is 11.4 Å². The monoisotopic (exact) mass is 427 g/mol. The lowest BCUT2D eigenvalue weighted by molar-refractivity contribution is -0.117. The molecule has 2 fully saturated rings. The van der Waals surface area contributed by atoms with Crippen LogP contribution in [0.3, 0.4) is 0 Å². The molecule has 1 unspecified atom stereocenters. The van der Waals surface area contributed by atoms with Crippen LogP contribution in [-0.2, 0) is 4.79 Å². The second-order valence-electron chi connectivity index (χ2n) is 7.87. The van der Waals surface area contributed by atoms with Gasteiger partial charge in [0.25, 0.3) is 0 Å². The summed E-state index contributed by atoms with van der Waals surface area (Å²) < 4.78 is 20.4. The molecule has 0 bridgehead atoms. The normalized spacial score (nSPS) is 19.1. The first kappa shape index (κ1) is 19.2. The Morgan fingerprint density at radius 3 is 2.90 bits per heavy atom. The zero-order valence-electron chi connectivity index (χ0n) is 16.6. The molecule has 7 nitrogen and oxygen atoms in total. The van der Waals surface area contributed by atoms with E-state index in [-0.39, 0.29) is 5.91 Å². The number of aryl methyl sites for hydroxylation is 1. The van der Waals surface area contributed by atoms with Crippen LogP contribution in [0, 0.1) is 12.7 Å². The highest BCUT2D eigenvalue weighted by Crippen LogP contribution is 2.39. The minimum atomic E-state index is -0.435. The predicted octanol–water partition coefficient (Wildman–Crippen LogP) is 4.52. The maximum atomic E-state index is 15.1.